The highest BCUT2D eigenvalue weighted by molar-refractivity contribution is 7.89. The van der Waals surface area contributed by atoms with Gasteiger partial charge in [-0.25, -0.2) is 23.1 Å². The topological polar surface area (TPSA) is 184 Å². The van der Waals surface area contributed by atoms with Crippen LogP contribution >= 0.6 is 0 Å². The predicted molar refractivity (Wildman–Crippen MR) is 171 cm³/mol. The van der Waals surface area contributed by atoms with Crippen LogP contribution in [0.25, 0.3) is 0 Å². The van der Waals surface area contributed by atoms with Crippen LogP contribution in [0.4, 0.5) is 24.8 Å². The van der Waals surface area contributed by atoms with Gasteiger partial charge < -0.3 is 25.6 Å². The van der Waals surface area contributed by atoms with Crippen LogP contribution in [-0.4, -0.2) is 87.4 Å². The number of nitrogens with zero attached hydrogens (tertiary/aromatic N) is 5. The summed E-state index contributed by atoms with van der Waals surface area (Å²) in [6, 6.07) is 8.84. The van der Waals surface area contributed by atoms with Gasteiger partial charge in [0.2, 0.25) is 21.8 Å². The minimum Gasteiger partial charge on any atom is -0.464 e. The van der Waals surface area contributed by atoms with Crippen LogP contribution in [0.5, 0.6) is 0 Å². The highest BCUT2D eigenvalue weighted by atomic mass is 32.2. The van der Waals surface area contributed by atoms with Gasteiger partial charge in [-0.3, -0.25) is 9.59 Å². The van der Waals surface area contributed by atoms with Crippen molar-refractivity contribution >= 4 is 33.5 Å². The lowest BCUT2D eigenvalue weighted by Gasteiger charge is -2.34. The second-order valence-corrected chi connectivity index (χ2v) is 13.8. The Balaban J connectivity index is 1.33. The van der Waals surface area contributed by atoms with E-state index in [1.165, 1.54) is 13.0 Å². The quantitative estimate of drug-likeness (QED) is 0.246. The van der Waals surface area contributed by atoms with E-state index in [9.17, 15) is 31.2 Å². The summed E-state index contributed by atoms with van der Waals surface area (Å²) in [6.45, 7) is 2.92. The van der Waals surface area contributed by atoms with E-state index >= 15 is 0 Å². The summed E-state index contributed by atoms with van der Waals surface area (Å²) in [5.41, 5.74) is 6.75. The largest absolute Gasteiger partial charge is 0.464 e. The Morgan fingerprint density at radius 2 is 1.81 bits per heavy atom. The fourth-order valence-corrected chi connectivity index (χ4v) is 6.86. The Morgan fingerprint density at radius 3 is 2.46 bits per heavy atom. The summed E-state index contributed by atoms with van der Waals surface area (Å²) in [5.74, 6) is -2.27. The fourth-order valence-electron chi connectivity index (χ4n) is 5.80. The van der Waals surface area contributed by atoms with Crippen LogP contribution < -0.4 is 25.6 Å². The third-order valence-electron chi connectivity index (χ3n) is 8.40. The number of carbonyl (C=O) groups excluding carboxylic acids is 2. The molecule has 2 aliphatic heterocycles. The van der Waals surface area contributed by atoms with Gasteiger partial charge in [0.1, 0.15) is 23.7 Å². The molecule has 1 aromatic heterocycles. The number of nitriles is 1. The van der Waals surface area contributed by atoms with Gasteiger partial charge in [0.25, 0.3) is 0 Å². The lowest BCUT2D eigenvalue weighted by atomic mass is 9.94. The first-order chi connectivity index (χ1) is 22.8. The Hall–Kier alpha value is -4.01. The van der Waals surface area contributed by atoms with Crippen molar-refractivity contribution in [3.8, 4) is 6.07 Å². The Labute approximate surface area is 278 Å². The molecule has 1 aromatic carbocycles. The van der Waals surface area contributed by atoms with E-state index in [0.29, 0.717) is 70.3 Å². The van der Waals surface area contributed by atoms with Gasteiger partial charge in [-0.05, 0) is 69.1 Å². The summed E-state index contributed by atoms with van der Waals surface area (Å²) < 4.78 is 73.0. The molecule has 4 N–H and O–H groups in total. The van der Waals surface area contributed by atoms with Gasteiger partial charge in [0, 0.05) is 38.8 Å². The lowest BCUT2D eigenvalue weighted by molar-refractivity contribution is -0.146. The zero-order valence-electron chi connectivity index (χ0n) is 26.7. The van der Waals surface area contributed by atoms with Crippen molar-refractivity contribution in [3.05, 3.63) is 47.3 Å². The van der Waals surface area contributed by atoms with Gasteiger partial charge in [-0.2, -0.15) is 18.4 Å². The van der Waals surface area contributed by atoms with E-state index in [1.54, 1.807) is 21.9 Å². The number of halogens is 3. The molecular weight excluding hydrogens is 653 g/mol. The number of amides is 1. The van der Waals surface area contributed by atoms with E-state index in [4.69, 9.17) is 15.7 Å². The Kier molecular flexibility index (Phi) is 12.6. The average Bonchev–Trinajstić information content (AvgIpc) is 3.55. The van der Waals surface area contributed by atoms with Crippen molar-refractivity contribution in [2.45, 2.75) is 63.7 Å². The number of ether oxygens (including phenoxy) is 1. The first kappa shape index (κ1) is 36.8. The normalized spacial score (nSPS) is 18.0. The maximum Gasteiger partial charge on any atom is 0.451 e. The van der Waals surface area contributed by atoms with E-state index in [-0.39, 0.29) is 42.4 Å². The molecule has 48 heavy (non-hydrogen) atoms. The third-order valence-corrected chi connectivity index (χ3v) is 9.89. The van der Waals surface area contributed by atoms with Crippen LogP contribution in [0.2, 0.25) is 0 Å². The molecule has 0 spiro atoms. The van der Waals surface area contributed by atoms with Crippen molar-refractivity contribution in [2.75, 3.05) is 54.9 Å². The Morgan fingerprint density at radius 1 is 1.12 bits per heavy atom. The molecule has 0 saturated carbocycles. The van der Waals surface area contributed by atoms with Crippen LogP contribution in [0.3, 0.4) is 0 Å². The van der Waals surface area contributed by atoms with Gasteiger partial charge in [-0.15, -0.1) is 0 Å². The van der Waals surface area contributed by atoms with Gasteiger partial charge in [0.15, 0.2) is 0 Å². The molecule has 2 saturated heterocycles. The van der Waals surface area contributed by atoms with Gasteiger partial charge >= 0.3 is 12.1 Å². The molecule has 2 atom stereocenters. The first-order valence-corrected chi connectivity index (χ1v) is 17.6. The molecule has 0 bridgehead atoms. The van der Waals surface area contributed by atoms with E-state index in [0.717, 1.165) is 5.56 Å². The van der Waals surface area contributed by atoms with Gasteiger partial charge in [-0.1, -0.05) is 12.1 Å². The molecule has 2 aromatic rings. The third kappa shape index (κ3) is 10.2. The zero-order chi connectivity index (χ0) is 34.9. The second-order valence-electron chi connectivity index (χ2n) is 11.9. The van der Waals surface area contributed by atoms with Crippen LogP contribution in [0.15, 0.2) is 30.3 Å². The molecule has 2 fully saturated rings. The molecule has 4 rings (SSSR count). The van der Waals surface area contributed by atoms with E-state index < -0.39 is 40.1 Å². The number of esters is 1. The smallest absolute Gasteiger partial charge is 0.451 e. The maximum atomic E-state index is 13.9. The van der Waals surface area contributed by atoms with Crippen molar-refractivity contribution in [1.82, 2.24) is 20.0 Å². The summed E-state index contributed by atoms with van der Waals surface area (Å²) in [7, 11) is -3.69. The number of hydrogen-bond donors (Lipinski definition) is 3. The summed E-state index contributed by atoms with van der Waals surface area (Å²) in [6.07, 6.45) is -1.42. The maximum absolute atomic E-state index is 13.9. The van der Waals surface area contributed by atoms with Crippen molar-refractivity contribution in [1.29, 1.82) is 5.26 Å². The second kappa shape index (κ2) is 16.4. The fraction of sp³-hybridized carbons (Fsp3) is 0.581. The number of benzene rings is 1. The first-order valence-electron chi connectivity index (χ1n) is 15.9. The zero-order valence-corrected chi connectivity index (χ0v) is 27.5. The minimum atomic E-state index is -4.79. The van der Waals surface area contributed by atoms with Crippen LogP contribution in [0, 0.1) is 17.2 Å². The van der Waals surface area contributed by atoms with Crippen LogP contribution in [0.1, 0.15) is 56.0 Å². The molecular formula is C31H41F3N8O5S. The van der Waals surface area contributed by atoms with Crippen molar-refractivity contribution < 1.29 is 35.9 Å². The molecule has 0 radical (unpaired) electrons. The highest BCUT2D eigenvalue weighted by Gasteiger charge is 2.39. The minimum absolute atomic E-state index is 0.0438. The molecule has 262 valence electrons. The monoisotopic (exact) mass is 694 g/mol. The lowest BCUT2D eigenvalue weighted by Crippen LogP contribution is -2.44. The number of rotatable bonds is 14. The molecule has 0 aliphatic carbocycles. The van der Waals surface area contributed by atoms with Crippen molar-refractivity contribution in [2.24, 2.45) is 11.7 Å². The number of hydrogen-bond acceptors (Lipinski definition) is 11. The predicted octanol–water partition coefficient (Wildman–Crippen LogP) is 2.11. The number of nitrogens with two attached hydrogens (primary N) is 1. The summed E-state index contributed by atoms with van der Waals surface area (Å²) in [5, 5.41) is 11.8. The number of carbonyl (C=O) groups is 2. The average molecular weight is 695 g/mol. The molecule has 2 aliphatic rings. The molecule has 3 heterocycles. The number of nitrogens with one attached hydrogen (secondary N) is 2. The molecule has 17 heteroatoms. The van der Waals surface area contributed by atoms with E-state index in [1.807, 2.05) is 12.1 Å². The summed E-state index contributed by atoms with van der Waals surface area (Å²) in [4.78, 5) is 36.4. The number of aromatic nitrogens is 2. The molecule has 1 amide bonds. The standard InChI is InChI=1S/C31H41F3N8O5S/c1-21(40-48(45,46)18-12-35)29(44)47-17-11-23-9-15-41(16-10-23)26-19-27(39-30(38-26)31(32,33)34)42-14-2-3-25(42)28(43)37-13-8-22-4-6-24(20-36)7-5-22/h4-7,19,21,23,25,40H,2-3,8-18,35H2,1H3,(H,37,43)/t21-,25?/m0/s1. The Bertz CT molecular complexity index is 1560. The van der Waals surface area contributed by atoms with Gasteiger partial charge in [0.05, 0.1) is 24.0 Å². The number of alkyl halides is 3. The molecule has 13 nitrogen and oxygen atoms in total. The number of piperidine rings is 1. The SMILES string of the molecule is C[C@H](NS(=O)(=O)CCN)C(=O)OCCC1CCN(c2cc(N3CCCC3C(=O)NCCc3ccc(C#N)cc3)nc(C(F)(F)F)n2)CC1. The van der Waals surface area contributed by atoms with E-state index in [2.05, 4.69) is 26.1 Å². The highest BCUT2D eigenvalue weighted by Crippen LogP contribution is 2.34. The molecule has 1 unspecified atom stereocenters. The van der Waals surface area contributed by atoms with Crippen LogP contribution in [-0.2, 0) is 36.9 Å². The number of anilines is 2. The number of sulfonamides is 1. The van der Waals surface area contributed by atoms with Crippen molar-refractivity contribution in [3.63, 3.8) is 0 Å². The summed E-state index contributed by atoms with van der Waals surface area (Å²) >= 11 is 0.